The van der Waals surface area contributed by atoms with E-state index in [0.717, 1.165) is 10.6 Å². The van der Waals surface area contributed by atoms with E-state index in [1.54, 1.807) is 23.5 Å². The number of benzene rings is 1. The number of carbonyl (C=O) groups excluding carboxylic acids is 1. The zero-order valence-corrected chi connectivity index (χ0v) is 14.9. The number of para-hydroxylation sites is 2. The number of aromatic nitrogens is 3. The fraction of sp³-hybridized carbons (Fsp3) is 0.118. The zero-order valence-electron chi connectivity index (χ0n) is 13.3. The van der Waals surface area contributed by atoms with E-state index in [-0.39, 0.29) is 18.1 Å². The average Bonchev–Trinajstić information content (AvgIpc) is 3.28. The molecule has 0 saturated heterocycles. The van der Waals surface area contributed by atoms with Gasteiger partial charge in [-0.3, -0.25) is 9.36 Å². The van der Waals surface area contributed by atoms with Crippen molar-refractivity contribution in [2.75, 3.05) is 5.32 Å². The van der Waals surface area contributed by atoms with Crippen molar-refractivity contribution < 1.29 is 4.79 Å². The molecule has 2 N–H and O–H groups in total. The molecule has 25 heavy (non-hydrogen) atoms. The van der Waals surface area contributed by atoms with Gasteiger partial charge < -0.3 is 10.3 Å². The maximum Gasteiger partial charge on any atom is 0.326 e. The van der Waals surface area contributed by atoms with Crippen molar-refractivity contribution in [2.45, 2.75) is 13.5 Å². The van der Waals surface area contributed by atoms with Crippen LogP contribution >= 0.6 is 22.7 Å². The molecule has 0 fully saturated rings. The summed E-state index contributed by atoms with van der Waals surface area (Å²) >= 11 is 3.03. The van der Waals surface area contributed by atoms with E-state index in [9.17, 15) is 9.59 Å². The molecule has 0 spiro atoms. The monoisotopic (exact) mass is 370 g/mol. The summed E-state index contributed by atoms with van der Waals surface area (Å²) in [5.41, 5.74) is 1.97. The van der Waals surface area contributed by atoms with Crippen molar-refractivity contribution in [3.05, 3.63) is 57.1 Å². The first kappa shape index (κ1) is 15.8. The van der Waals surface area contributed by atoms with Gasteiger partial charge in [-0.1, -0.05) is 12.1 Å². The van der Waals surface area contributed by atoms with Crippen LogP contribution in [0.1, 0.15) is 4.88 Å². The highest BCUT2D eigenvalue weighted by atomic mass is 32.1. The summed E-state index contributed by atoms with van der Waals surface area (Å²) in [5.74, 6) is -0.282. The Bertz CT molecular complexity index is 1120. The van der Waals surface area contributed by atoms with Crippen molar-refractivity contribution >= 4 is 44.7 Å². The SMILES string of the molecule is Cc1ccc(-c2csc(NC(=O)Cn3c(=O)[nH]c4ccccc43)n2)s1. The Morgan fingerprint density at radius 1 is 1.28 bits per heavy atom. The van der Waals surface area contributed by atoms with E-state index >= 15 is 0 Å². The molecule has 0 aliphatic heterocycles. The molecule has 6 nitrogen and oxygen atoms in total. The number of aryl methyl sites for hydroxylation is 1. The molecule has 3 aromatic heterocycles. The number of H-pyrrole nitrogens is 1. The fourth-order valence-corrected chi connectivity index (χ4v) is 4.21. The average molecular weight is 370 g/mol. The van der Waals surface area contributed by atoms with Gasteiger partial charge >= 0.3 is 5.69 Å². The second kappa shape index (κ2) is 6.30. The molecule has 3 heterocycles. The molecule has 0 saturated carbocycles. The molecule has 8 heteroatoms. The Hall–Kier alpha value is -2.71. The van der Waals surface area contributed by atoms with Crippen molar-refractivity contribution in [2.24, 2.45) is 0 Å². The molecule has 126 valence electrons. The molecule has 0 aliphatic carbocycles. The lowest BCUT2D eigenvalue weighted by atomic mass is 10.3. The quantitative estimate of drug-likeness (QED) is 0.577. The summed E-state index contributed by atoms with van der Waals surface area (Å²) in [6, 6.07) is 11.3. The van der Waals surface area contributed by atoms with Gasteiger partial charge in [0, 0.05) is 10.3 Å². The number of amides is 1. The molecule has 4 aromatic rings. The van der Waals surface area contributed by atoms with Crippen LogP contribution in [0.4, 0.5) is 5.13 Å². The number of fused-ring (bicyclic) bond motifs is 1. The first-order valence-electron chi connectivity index (χ1n) is 7.60. The summed E-state index contributed by atoms with van der Waals surface area (Å²) in [5, 5.41) is 5.21. The van der Waals surface area contributed by atoms with Gasteiger partial charge in [-0.25, -0.2) is 9.78 Å². The number of anilines is 1. The van der Waals surface area contributed by atoms with Gasteiger partial charge in [0.2, 0.25) is 5.91 Å². The number of thiazole rings is 1. The predicted octanol–water partition coefficient (Wildman–Crippen LogP) is 3.46. The standard InChI is InChI=1S/C17H14N4O2S2/c1-10-6-7-14(25-10)12-9-24-16(18-12)20-15(22)8-21-13-5-3-2-4-11(13)19-17(21)23/h2-7,9H,8H2,1H3,(H,19,23)(H,18,20,22). The first-order chi connectivity index (χ1) is 12.1. The third-order valence-corrected chi connectivity index (χ3v) is 5.51. The lowest BCUT2D eigenvalue weighted by Crippen LogP contribution is -2.25. The highest BCUT2D eigenvalue weighted by molar-refractivity contribution is 7.17. The minimum absolute atomic E-state index is 0.0597. The number of aromatic amines is 1. The van der Waals surface area contributed by atoms with E-state index in [4.69, 9.17) is 0 Å². The molecule has 0 aliphatic rings. The highest BCUT2D eigenvalue weighted by Gasteiger charge is 2.13. The molecule has 0 radical (unpaired) electrons. The van der Waals surface area contributed by atoms with E-state index in [1.807, 2.05) is 36.6 Å². The third kappa shape index (κ3) is 3.13. The molecular weight excluding hydrogens is 356 g/mol. The van der Waals surface area contributed by atoms with Gasteiger partial charge in [-0.2, -0.15) is 0 Å². The van der Waals surface area contributed by atoms with E-state index in [0.29, 0.717) is 16.2 Å². The van der Waals surface area contributed by atoms with Crippen LogP contribution in [0.3, 0.4) is 0 Å². The molecule has 0 unspecified atom stereocenters. The van der Waals surface area contributed by atoms with Gasteiger partial charge in [0.1, 0.15) is 6.54 Å². The Balaban J connectivity index is 1.52. The predicted molar refractivity (Wildman–Crippen MR) is 101 cm³/mol. The third-order valence-electron chi connectivity index (χ3n) is 3.73. The van der Waals surface area contributed by atoms with Crippen LogP contribution in [0.2, 0.25) is 0 Å². The van der Waals surface area contributed by atoms with Gasteiger partial charge in [0.25, 0.3) is 0 Å². The van der Waals surface area contributed by atoms with Crippen LogP contribution in [0.15, 0.2) is 46.6 Å². The molecule has 0 atom stereocenters. The molecule has 1 aromatic carbocycles. The Labute approximate surface area is 150 Å². The van der Waals surface area contributed by atoms with Crippen LogP contribution in [-0.2, 0) is 11.3 Å². The summed E-state index contributed by atoms with van der Waals surface area (Å²) in [7, 11) is 0. The zero-order chi connectivity index (χ0) is 17.4. The largest absolute Gasteiger partial charge is 0.326 e. The number of nitrogens with one attached hydrogen (secondary N) is 2. The molecular formula is C17H14N4O2S2. The second-order valence-corrected chi connectivity index (χ2v) is 7.68. The van der Waals surface area contributed by atoms with Crippen LogP contribution in [0, 0.1) is 6.92 Å². The smallest absolute Gasteiger partial charge is 0.306 e. The minimum Gasteiger partial charge on any atom is -0.306 e. The summed E-state index contributed by atoms with van der Waals surface area (Å²) in [6.07, 6.45) is 0. The van der Waals surface area contributed by atoms with E-state index in [2.05, 4.69) is 15.3 Å². The second-order valence-electron chi connectivity index (χ2n) is 5.53. The number of thiophene rings is 1. The topological polar surface area (TPSA) is 79.8 Å². The number of nitrogens with zero attached hydrogens (tertiary/aromatic N) is 2. The lowest BCUT2D eigenvalue weighted by molar-refractivity contribution is -0.116. The molecule has 4 rings (SSSR count). The maximum atomic E-state index is 12.3. The number of imidazole rings is 1. The van der Waals surface area contributed by atoms with Crippen LogP contribution < -0.4 is 11.0 Å². The molecule has 0 bridgehead atoms. The summed E-state index contributed by atoms with van der Waals surface area (Å²) in [6.45, 7) is 1.98. The maximum absolute atomic E-state index is 12.3. The normalized spacial score (nSPS) is 11.1. The van der Waals surface area contributed by atoms with Gasteiger partial charge in [0.05, 0.1) is 21.6 Å². The van der Waals surface area contributed by atoms with Crippen molar-refractivity contribution in [1.29, 1.82) is 0 Å². The summed E-state index contributed by atoms with van der Waals surface area (Å²) in [4.78, 5) is 33.8. The lowest BCUT2D eigenvalue weighted by Gasteiger charge is -2.03. The van der Waals surface area contributed by atoms with Crippen LogP contribution in [-0.4, -0.2) is 20.4 Å². The Kier molecular flexibility index (Phi) is 3.98. The number of hydrogen-bond acceptors (Lipinski definition) is 5. The van der Waals surface area contributed by atoms with Gasteiger partial charge in [0.15, 0.2) is 5.13 Å². The van der Waals surface area contributed by atoms with Crippen LogP contribution in [0.5, 0.6) is 0 Å². The Morgan fingerprint density at radius 3 is 2.92 bits per heavy atom. The van der Waals surface area contributed by atoms with Crippen LogP contribution in [0.25, 0.3) is 21.6 Å². The van der Waals surface area contributed by atoms with Crippen molar-refractivity contribution in [3.8, 4) is 10.6 Å². The Morgan fingerprint density at radius 2 is 2.12 bits per heavy atom. The summed E-state index contributed by atoms with van der Waals surface area (Å²) < 4.78 is 1.42. The van der Waals surface area contributed by atoms with E-state index < -0.39 is 0 Å². The fourth-order valence-electron chi connectivity index (χ4n) is 2.58. The first-order valence-corrected chi connectivity index (χ1v) is 9.29. The van der Waals surface area contributed by atoms with Gasteiger partial charge in [-0.05, 0) is 31.2 Å². The number of rotatable bonds is 4. The highest BCUT2D eigenvalue weighted by Crippen LogP contribution is 2.30. The molecule has 1 amide bonds. The number of hydrogen-bond donors (Lipinski definition) is 2. The van der Waals surface area contributed by atoms with Crippen molar-refractivity contribution in [3.63, 3.8) is 0 Å². The minimum atomic E-state index is -0.301. The van der Waals surface area contributed by atoms with Gasteiger partial charge in [-0.15, -0.1) is 22.7 Å². The van der Waals surface area contributed by atoms with Crippen molar-refractivity contribution in [1.82, 2.24) is 14.5 Å². The number of carbonyl (C=O) groups is 1. The van der Waals surface area contributed by atoms with E-state index in [1.165, 1.54) is 20.8 Å².